The van der Waals surface area contributed by atoms with Crippen molar-refractivity contribution in [2.75, 3.05) is 6.54 Å². The standard InChI is InChI=1S/C12H12F3N5O/c1-2-20(7-10-16-18-19-17-10)11(21)8-3-5-9(6-4-8)12(13,14)15/h3-6H,2,7H2,1H3,(H,16,17,18,19). The first-order valence-electron chi connectivity index (χ1n) is 6.10. The lowest BCUT2D eigenvalue weighted by atomic mass is 10.1. The van der Waals surface area contributed by atoms with Gasteiger partial charge in [0.2, 0.25) is 0 Å². The Kier molecular flexibility index (Phi) is 4.20. The van der Waals surface area contributed by atoms with Gasteiger partial charge in [0.05, 0.1) is 12.1 Å². The number of H-pyrrole nitrogens is 1. The molecule has 1 aromatic heterocycles. The number of benzene rings is 1. The Labute approximate surface area is 118 Å². The van der Waals surface area contributed by atoms with E-state index in [1.54, 1.807) is 6.92 Å². The van der Waals surface area contributed by atoms with Crippen molar-refractivity contribution in [1.29, 1.82) is 0 Å². The molecule has 2 rings (SSSR count). The van der Waals surface area contributed by atoms with Gasteiger partial charge in [-0.25, -0.2) is 0 Å². The molecule has 0 fully saturated rings. The van der Waals surface area contributed by atoms with E-state index in [1.165, 1.54) is 4.90 Å². The van der Waals surface area contributed by atoms with Crippen LogP contribution in [0.4, 0.5) is 13.2 Å². The van der Waals surface area contributed by atoms with Crippen molar-refractivity contribution in [3.8, 4) is 0 Å². The summed E-state index contributed by atoms with van der Waals surface area (Å²) in [5, 5.41) is 13.1. The van der Waals surface area contributed by atoms with Gasteiger partial charge in [-0.1, -0.05) is 5.21 Å². The minimum absolute atomic E-state index is 0.132. The predicted octanol–water partition coefficient (Wildman–Crippen LogP) is 1.88. The number of alkyl halides is 3. The number of aromatic nitrogens is 4. The Bertz CT molecular complexity index is 594. The van der Waals surface area contributed by atoms with E-state index in [0.29, 0.717) is 12.4 Å². The van der Waals surface area contributed by atoms with E-state index in [9.17, 15) is 18.0 Å². The fourth-order valence-corrected chi connectivity index (χ4v) is 1.73. The number of rotatable bonds is 4. The van der Waals surface area contributed by atoms with Crippen molar-refractivity contribution in [1.82, 2.24) is 25.5 Å². The molecule has 0 radical (unpaired) electrons. The third kappa shape index (κ3) is 3.56. The highest BCUT2D eigenvalue weighted by atomic mass is 19.4. The number of tetrazole rings is 1. The fraction of sp³-hybridized carbons (Fsp3) is 0.333. The molecule has 0 saturated carbocycles. The van der Waals surface area contributed by atoms with Crippen molar-refractivity contribution in [2.24, 2.45) is 0 Å². The maximum absolute atomic E-state index is 12.5. The Morgan fingerprint density at radius 2 is 1.95 bits per heavy atom. The number of carbonyl (C=O) groups excluding carboxylic acids is 1. The quantitative estimate of drug-likeness (QED) is 0.935. The van der Waals surface area contributed by atoms with E-state index in [-0.39, 0.29) is 12.1 Å². The first-order valence-corrected chi connectivity index (χ1v) is 6.10. The average molecular weight is 299 g/mol. The number of aromatic amines is 1. The van der Waals surface area contributed by atoms with Crippen molar-refractivity contribution in [3.05, 3.63) is 41.2 Å². The van der Waals surface area contributed by atoms with Gasteiger partial charge in [0.1, 0.15) is 0 Å². The largest absolute Gasteiger partial charge is 0.416 e. The second kappa shape index (κ2) is 5.90. The van der Waals surface area contributed by atoms with Gasteiger partial charge >= 0.3 is 6.18 Å². The monoisotopic (exact) mass is 299 g/mol. The lowest BCUT2D eigenvalue weighted by Gasteiger charge is -2.19. The Hall–Kier alpha value is -2.45. The topological polar surface area (TPSA) is 74.8 Å². The zero-order chi connectivity index (χ0) is 15.5. The number of halogens is 3. The van der Waals surface area contributed by atoms with Crippen LogP contribution in [0, 0.1) is 0 Å². The van der Waals surface area contributed by atoms with Crippen LogP contribution in [0.5, 0.6) is 0 Å². The van der Waals surface area contributed by atoms with Crippen LogP contribution in [0.1, 0.15) is 28.7 Å². The Morgan fingerprint density at radius 3 is 2.43 bits per heavy atom. The minimum atomic E-state index is -4.42. The van der Waals surface area contributed by atoms with Crippen molar-refractivity contribution in [3.63, 3.8) is 0 Å². The highest BCUT2D eigenvalue weighted by Crippen LogP contribution is 2.29. The molecule has 0 aliphatic rings. The SMILES string of the molecule is CCN(Cc1nn[nH]n1)C(=O)c1ccc(C(F)(F)F)cc1. The summed E-state index contributed by atoms with van der Waals surface area (Å²) in [5.41, 5.74) is -0.617. The number of hydrogen-bond donors (Lipinski definition) is 1. The molecule has 0 atom stereocenters. The fourth-order valence-electron chi connectivity index (χ4n) is 1.73. The smallest absolute Gasteiger partial charge is 0.331 e. The van der Waals surface area contributed by atoms with Gasteiger partial charge in [0.15, 0.2) is 5.82 Å². The third-order valence-corrected chi connectivity index (χ3v) is 2.85. The molecule has 0 aliphatic heterocycles. The third-order valence-electron chi connectivity index (χ3n) is 2.85. The van der Waals surface area contributed by atoms with Crippen LogP contribution in [0.2, 0.25) is 0 Å². The zero-order valence-corrected chi connectivity index (χ0v) is 11.1. The summed E-state index contributed by atoms with van der Waals surface area (Å²) in [6.07, 6.45) is -4.42. The first-order chi connectivity index (χ1) is 9.91. The Balaban J connectivity index is 2.14. The summed E-state index contributed by atoms with van der Waals surface area (Å²) >= 11 is 0. The van der Waals surface area contributed by atoms with Crippen molar-refractivity contribution in [2.45, 2.75) is 19.6 Å². The van der Waals surface area contributed by atoms with Crippen LogP contribution in [0.25, 0.3) is 0 Å². The molecule has 1 N–H and O–H groups in total. The Morgan fingerprint density at radius 1 is 1.29 bits per heavy atom. The molecular formula is C12H12F3N5O. The van der Waals surface area contributed by atoms with Gasteiger partial charge in [0, 0.05) is 12.1 Å². The van der Waals surface area contributed by atoms with Gasteiger partial charge in [-0.15, -0.1) is 10.2 Å². The molecular weight excluding hydrogens is 287 g/mol. The van der Waals surface area contributed by atoms with Crippen LogP contribution in [0.3, 0.4) is 0 Å². The van der Waals surface area contributed by atoms with Crippen molar-refractivity contribution < 1.29 is 18.0 Å². The van der Waals surface area contributed by atoms with Crippen molar-refractivity contribution >= 4 is 5.91 Å². The van der Waals surface area contributed by atoms with Gasteiger partial charge in [-0.05, 0) is 31.2 Å². The highest BCUT2D eigenvalue weighted by Gasteiger charge is 2.30. The molecule has 6 nitrogen and oxygen atoms in total. The molecule has 0 bridgehead atoms. The van der Waals surface area contributed by atoms with E-state index < -0.39 is 17.6 Å². The first kappa shape index (κ1) is 14.9. The molecule has 1 amide bonds. The molecule has 0 saturated heterocycles. The van der Waals surface area contributed by atoms with Crippen LogP contribution < -0.4 is 0 Å². The van der Waals surface area contributed by atoms with Gasteiger partial charge < -0.3 is 4.90 Å². The zero-order valence-electron chi connectivity index (χ0n) is 11.1. The van der Waals surface area contributed by atoms with Gasteiger partial charge in [0.25, 0.3) is 5.91 Å². The second-order valence-corrected chi connectivity index (χ2v) is 4.22. The van der Waals surface area contributed by atoms with Crippen LogP contribution in [-0.2, 0) is 12.7 Å². The van der Waals surface area contributed by atoms with E-state index in [1.807, 2.05) is 0 Å². The number of hydrogen-bond acceptors (Lipinski definition) is 4. The molecule has 2 aromatic rings. The van der Waals surface area contributed by atoms with Crippen LogP contribution >= 0.6 is 0 Å². The number of nitrogens with zero attached hydrogens (tertiary/aromatic N) is 4. The summed E-state index contributed by atoms with van der Waals surface area (Å²) in [7, 11) is 0. The predicted molar refractivity (Wildman–Crippen MR) is 66.0 cm³/mol. The lowest BCUT2D eigenvalue weighted by Crippen LogP contribution is -2.30. The van der Waals surface area contributed by atoms with Gasteiger partial charge in [-0.2, -0.15) is 18.4 Å². The van der Waals surface area contributed by atoms with Gasteiger partial charge in [-0.3, -0.25) is 4.79 Å². The number of nitrogens with one attached hydrogen (secondary N) is 1. The minimum Gasteiger partial charge on any atom is -0.331 e. The highest BCUT2D eigenvalue weighted by molar-refractivity contribution is 5.94. The van der Waals surface area contributed by atoms with E-state index in [4.69, 9.17) is 0 Å². The summed E-state index contributed by atoms with van der Waals surface area (Å²) in [5.74, 6) is -0.0619. The van der Waals surface area contributed by atoms with E-state index in [0.717, 1.165) is 24.3 Å². The molecule has 1 heterocycles. The van der Waals surface area contributed by atoms with Crippen LogP contribution in [-0.4, -0.2) is 38.0 Å². The van der Waals surface area contributed by atoms with E-state index >= 15 is 0 Å². The molecule has 0 spiro atoms. The molecule has 9 heteroatoms. The molecule has 0 unspecified atom stereocenters. The second-order valence-electron chi connectivity index (χ2n) is 4.22. The summed E-state index contributed by atoms with van der Waals surface area (Å²) in [4.78, 5) is 13.6. The van der Waals surface area contributed by atoms with E-state index in [2.05, 4.69) is 20.6 Å². The normalized spacial score (nSPS) is 11.4. The van der Waals surface area contributed by atoms with Crippen LogP contribution in [0.15, 0.2) is 24.3 Å². The summed E-state index contributed by atoms with van der Waals surface area (Å²) in [6, 6.07) is 4.08. The molecule has 21 heavy (non-hydrogen) atoms. The average Bonchev–Trinajstić information content (AvgIpc) is 2.96. The summed E-state index contributed by atoms with van der Waals surface area (Å²) in [6.45, 7) is 2.25. The maximum atomic E-state index is 12.5. The number of carbonyl (C=O) groups is 1. The maximum Gasteiger partial charge on any atom is 0.416 e. The molecule has 0 aliphatic carbocycles. The molecule has 1 aromatic carbocycles. The molecule has 112 valence electrons. The lowest BCUT2D eigenvalue weighted by molar-refractivity contribution is -0.137. The number of amides is 1. The summed E-state index contributed by atoms with van der Waals surface area (Å²) < 4.78 is 37.4.